The van der Waals surface area contributed by atoms with Gasteiger partial charge in [-0.05, 0) is 19.3 Å². The van der Waals surface area contributed by atoms with Crippen LogP contribution in [0.5, 0.6) is 0 Å². The van der Waals surface area contributed by atoms with E-state index in [1.165, 1.54) is 218 Å². The molecule has 0 aliphatic heterocycles. The van der Waals surface area contributed by atoms with Crippen molar-refractivity contribution in [3.8, 4) is 0 Å². The Morgan fingerprint density at radius 2 is 0.443 bits per heavy atom. The SMILES string of the molecule is CCCCCCCCCCCCCCCCCCCC(=O)OCC(COC(=O)CCCCCCCCCCC)OC(=O)CCCCCCCCCCCCCCCCCCC. The van der Waals surface area contributed by atoms with E-state index in [2.05, 4.69) is 20.8 Å². The van der Waals surface area contributed by atoms with Gasteiger partial charge in [-0.15, -0.1) is 0 Å². The Labute approximate surface area is 380 Å². The number of hydrogen-bond acceptors (Lipinski definition) is 6. The second kappa shape index (κ2) is 51.0. The molecule has 0 saturated carbocycles. The van der Waals surface area contributed by atoms with Gasteiger partial charge in [0.15, 0.2) is 6.10 Å². The van der Waals surface area contributed by atoms with E-state index in [4.69, 9.17) is 14.2 Å². The summed E-state index contributed by atoms with van der Waals surface area (Å²) in [5.74, 6) is -0.839. The van der Waals surface area contributed by atoms with Gasteiger partial charge in [0.1, 0.15) is 13.2 Å². The molecule has 0 amide bonds. The van der Waals surface area contributed by atoms with E-state index in [-0.39, 0.29) is 31.1 Å². The van der Waals surface area contributed by atoms with Crippen molar-refractivity contribution in [3.05, 3.63) is 0 Å². The monoisotopic (exact) mass is 863 g/mol. The number of rotatable bonds is 51. The molecule has 0 spiro atoms. The van der Waals surface area contributed by atoms with Crippen LogP contribution in [0.2, 0.25) is 0 Å². The van der Waals surface area contributed by atoms with Gasteiger partial charge in [-0.2, -0.15) is 0 Å². The summed E-state index contributed by atoms with van der Waals surface area (Å²) in [6, 6.07) is 0. The fraction of sp³-hybridized carbons (Fsp3) is 0.945. The van der Waals surface area contributed by atoms with Gasteiger partial charge in [0.25, 0.3) is 0 Å². The molecule has 1 unspecified atom stereocenters. The molecule has 0 heterocycles. The van der Waals surface area contributed by atoms with Gasteiger partial charge < -0.3 is 14.2 Å². The molecule has 6 nitrogen and oxygen atoms in total. The quantitative estimate of drug-likeness (QED) is 0.0344. The zero-order chi connectivity index (χ0) is 44.4. The lowest BCUT2D eigenvalue weighted by atomic mass is 10.0. The zero-order valence-electron chi connectivity index (χ0n) is 41.5. The molecule has 362 valence electrons. The standard InChI is InChI=1S/C55H106O6/c1-4-7-10-13-16-19-21-23-25-27-29-31-33-36-39-42-45-48-54(57)60-51-52(50-59-53(56)47-44-41-38-35-18-15-12-9-6-3)61-55(58)49-46-43-40-37-34-32-30-28-26-24-22-20-17-14-11-8-5-2/h52H,4-51H2,1-3H3. The van der Waals surface area contributed by atoms with E-state index < -0.39 is 6.10 Å². The summed E-state index contributed by atoms with van der Waals surface area (Å²) >= 11 is 0. The largest absolute Gasteiger partial charge is 0.462 e. The first-order chi connectivity index (χ1) is 30.0. The Kier molecular flexibility index (Phi) is 49.7. The molecule has 0 radical (unpaired) electrons. The van der Waals surface area contributed by atoms with Crippen LogP contribution in [0.4, 0.5) is 0 Å². The second-order valence-corrected chi connectivity index (χ2v) is 18.9. The van der Waals surface area contributed by atoms with Crippen molar-refractivity contribution in [2.45, 2.75) is 322 Å². The lowest BCUT2D eigenvalue weighted by Gasteiger charge is -2.18. The predicted molar refractivity (Wildman–Crippen MR) is 261 cm³/mol. The Bertz CT molecular complexity index is 905. The Hall–Kier alpha value is -1.59. The van der Waals surface area contributed by atoms with Crippen LogP contribution >= 0.6 is 0 Å². The summed E-state index contributed by atoms with van der Waals surface area (Å²) in [5, 5.41) is 0. The van der Waals surface area contributed by atoms with Gasteiger partial charge in [0, 0.05) is 19.3 Å². The van der Waals surface area contributed by atoms with E-state index in [0.29, 0.717) is 19.3 Å². The highest BCUT2D eigenvalue weighted by Crippen LogP contribution is 2.17. The molecule has 6 heteroatoms. The van der Waals surface area contributed by atoms with Gasteiger partial charge in [-0.3, -0.25) is 14.4 Å². The van der Waals surface area contributed by atoms with E-state index in [1.807, 2.05) is 0 Å². The molecule has 0 aliphatic carbocycles. The summed E-state index contributed by atoms with van der Waals surface area (Å²) in [5.41, 5.74) is 0. The van der Waals surface area contributed by atoms with Gasteiger partial charge in [-0.25, -0.2) is 0 Å². The summed E-state index contributed by atoms with van der Waals surface area (Å²) in [4.78, 5) is 37.9. The molecular formula is C55H106O6. The molecule has 0 N–H and O–H groups in total. The normalized spacial score (nSPS) is 11.9. The molecule has 0 aromatic carbocycles. The Morgan fingerprint density at radius 3 is 0.656 bits per heavy atom. The van der Waals surface area contributed by atoms with E-state index >= 15 is 0 Å². The first-order valence-corrected chi connectivity index (χ1v) is 27.5. The molecule has 0 aliphatic rings. The smallest absolute Gasteiger partial charge is 0.306 e. The molecule has 0 rings (SSSR count). The summed E-state index contributed by atoms with van der Waals surface area (Å²) in [6.45, 7) is 6.68. The third-order valence-electron chi connectivity index (χ3n) is 12.6. The van der Waals surface area contributed by atoms with Crippen LogP contribution in [0.25, 0.3) is 0 Å². The number of esters is 3. The molecule has 0 saturated heterocycles. The number of hydrogen-bond donors (Lipinski definition) is 0. The number of carbonyl (C=O) groups excluding carboxylic acids is 3. The Balaban J connectivity index is 4.22. The Morgan fingerprint density at radius 1 is 0.262 bits per heavy atom. The average Bonchev–Trinajstić information content (AvgIpc) is 3.26. The number of unbranched alkanes of at least 4 members (excludes halogenated alkanes) is 40. The number of carbonyl (C=O) groups is 3. The van der Waals surface area contributed by atoms with Crippen LogP contribution in [0.1, 0.15) is 316 Å². The van der Waals surface area contributed by atoms with Crippen molar-refractivity contribution in [1.82, 2.24) is 0 Å². The highest BCUT2D eigenvalue weighted by atomic mass is 16.6. The van der Waals surface area contributed by atoms with Gasteiger partial charge in [-0.1, -0.05) is 278 Å². The second-order valence-electron chi connectivity index (χ2n) is 18.9. The minimum absolute atomic E-state index is 0.0616. The van der Waals surface area contributed by atoms with Crippen LogP contribution in [-0.2, 0) is 28.6 Å². The van der Waals surface area contributed by atoms with Crippen molar-refractivity contribution >= 4 is 17.9 Å². The summed E-state index contributed by atoms with van der Waals surface area (Å²) in [6.07, 6.45) is 55.2. The fourth-order valence-electron chi connectivity index (χ4n) is 8.45. The van der Waals surface area contributed by atoms with Crippen molar-refractivity contribution in [2.75, 3.05) is 13.2 Å². The van der Waals surface area contributed by atoms with Crippen molar-refractivity contribution in [2.24, 2.45) is 0 Å². The molecule has 0 fully saturated rings. The highest BCUT2D eigenvalue weighted by molar-refractivity contribution is 5.71. The van der Waals surface area contributed by atoms with Crippen molar-refractivity contribution in [3.63, 3.8) is 0 Å². The van der Waals surface area contributed by atoms with Gasteiger partial charge in [0.05, 0.1) is 0 Å². The van der Waals surface area contributed by atoms with Crippen molar-refractivity contribution in [1.29, 1.82) is 0 Å². The van der Waals surface area contributed by atoms with Crippen LogP contribution in [0.3, 0.4) is 0 Å². The third-order valence-corrected chi connectivity index (χ3v) is 12.6. The van der Waals surface area contributed by atoms with Crippen LogP contribution in [0, 0.1) is 0 Å². The lowest BCUT2D eigenvalue weighted by Crippen LogP contribution is -2.30. The molecule has 61 heavy (non-hydrogen) atoms. The maximum atomic E-state index is 12.8. The molecule has 1 atom stereocenters. The maximum Gasteiger partial charge on any atom is 0.306 e. The maximum absolute atomic E-state index is 12.8. The topological polar surface area (TPSA) is 78.9 Å². The summed E-state index contributed by atoms with van der Waals surface area (Å²) < 4.78 is 16.8. The molecule has 0 aromatic rings. The minimum Gasteiger partial charge on any atom is -0.462 e. The first-order valence-electron chi connectivity index (χ1n) is 27.5. The van der Waals surface area contributed by atoms with Crippen LogP contribution in [-0.4, -0.2) is 37.2 Å². The number of ether oxygens (including phenoxy) is 3. The highest BCUT2D eigenvalue weighted by Gasteiger charge is 2.19. The van der Waals surface area contributed by atoms with E-state index in [0.717, 1.165) is 57.8 Å². The fourth-order valence-corrected chi connectivity index (χ4v) is 8.45. The van der Waals surface area contributed by atoms with Crippen LogP contribution < -0.4 is 0 Å². The third kappa shape index (κ3) is 49.3. The average molecular weight is 863 g/mol. The summed E-state index contributed by atoms with van der Waals surface area (Å²) in [7, 11) is 0. The van der Waals surface area contributed by atoms with Gasteiger partial charge >= 0.3 is 17.9 Å². The molecule has 0 aromatic heterocycles. The lowest BCUT2D eigenvalue weighted by molar-refractivity contribution is -0.167. The van der Waals surface area contributed by atoms with E-state index in [9.17, 15) is 14.4 Å². The first kappa shape index (κ1) is 59.4. The molecule has 0 bridgehead atoms. The predicted octanol–water partition coefficient (Wildman–Crippen LogP) is 18.0. The van der Waals surface area contributed by atoms with Crippen LogP contribution in [0.15, 0.2) is 0 Å². The van der Waals surface area contributed by atoms with Gasteiger partial charge in [0.2, 0.25) is 0 Å². The minimum atomic E-state index is -0.759. The van der Waals surface area contributed by atoms with E-state index in [1.54, 1.807) is 0 Å². The molecular weight excluding hydrogens is 757 g/mol. The van der Waals surface area contributed by atoms with Crippen molar-refractivity contribution < 1.29 is 28.6 Å². The zero-order valence-corrected chi connectivity index (χ0v) is 41.5.